The first-order valence-electron chi connectivity index (χ1n) is 11.2. The first-order valence-corrected chi connectivity index (χ1v) is 11.2. The minimum atomic E-state index is -0.143. The predicted octanol–water partition coefficient (Wildman–Crippen LogP) is 3.91. The van der Waals surface area contributed by atoms with Gasteiger partial charge < -0.3 is 4.90 Å². The minimum absolute atomic E-state index is 0.143. The molecule has 0 bridgehead atoms. The Hall–Kier alpha value is -2.50. The molecular formula is C25H33N3O2. The highest BCUT2D eigenvalue weighted by Crippen LogP contribution is 2.22. The Morgan fingerprint density at radius 3 is 1.77 bits per heavy atom. The molecule has 2 aromatic rings. The summed E-state index contributed by atoms with van der Waals surface area (Å²) in [5.74, 6) is -0.287. The Morgan fingerprint density at radius 2 is 1.17 bits per heavy atom. The molecule has 0 saturated carbocycles. The number of hydrogen-bond acceptors (Lipinski definition) is 4. The third-order valence-corrected chi connectivity index (χ3v) is 5.70. The van der Waals surface area contributed by atoms with E-state index in [4.69, 9.17) is 0 Å². The predicted molar refractivity (Wildman–Crippen MR) is 121 cm³/mol. The van der Waals surface area contributed by atoms with Crippen molar-refractivity contribution in [1.29, 1.82) is 0 Å². The third-order valence-electron chi connectivity index (χ3n) is 5.70. The number of imide groups is 1. The van der Waals surface area contributed by atoms with Gasteiger partial charge in [-0.1, -0.05) is 56.3 Å². The van der Waals surface area contributed by atoms with E-state index < -0.39 is 0 Å². The SMILES string of the molecule is CC.O=C1c2ccccc2C(=O)N1CCCCN1CCN(Cc2ccccc2)CC1. The maximum atomic E-state index is 12.4. The lowest BCUT2D eigenvalue weighted by atomic mass is 10.1. The number of fused-ring (bicyclic) bond motifs is 1. The Balaban J connectivity index is 0.00000124. The maximum Gasteiger partial charge on any atom is 0.261 e. The van der Waals surface area contributed by atoms with Gasteiger partial charge in [-0.15, -0.1) is 0 Å². The zero-order valence-electron chi connectivity index (χ0n) is 18.2. The molecule has 0 aromatic heterocycles. The highest BCUT2D eigenvalue weighted by Gasteiger charge is 2.34. The fraction of sp³-hybridized carbons (Fsp3) is 0.440. The van der Waals surface area contributed by atoms with Crippen LogP contribution in [0.15, 0.2) is 54.6 Å². The van der Waals surface area contributed by atoms with Crippen LogP contribution < -0.4 is 0 Å². The zero-order valence-corrected chi connectivity index (χ0v) is 18.2. The maximum absolute atomic E-state index is 12.4. The molecule has 160 valence electrons. The Kier molecular flexibility index (Phi) is 8.17. The molecule has 0 radical (unpaired) electrons. The second kappa shape index (κ2) is 11.0. The fourth-order valence-electron chi connectivity index (χ4n) is 4.06. The third kappa shape index (κ3) is 5.35. The lowest BCUT2D eigenvalue weighted by Gasteiger charge is -2.34. The van der Waals surface area contributed by atoms with Gasteiger partial charge in [0.1, 0.15) is 0 Å². The van der Waals surface area contributed by atoms with Crippen LogP contribution in [0.5, 0.6) is 0 Å². The first-order chi connectivity index (χ1) is 14.7. The summed E-state index contributed by atoms with van der Waals surface area (Å²) in [5, 5.41) is 0. The topological polar surface area (TPSA) is 43.9 Å². The molecule has 2 aromatic carbocycles. The summed E-state index contributed by atoms with van der Waals surface area (Å²) < 4.78 is 0. The smallest absolute Gasteiger partial charge is 0.261 e. The molecule has 0 unspecified atom stereocenters. The number of carbonyl (C=O) groups is 2. The molecular weight excluding hydrogens is 374 g/mol. The molecule has 2 heterocycles. The average molecular weight is 408 g/mol. The van der Waals surface area contributed by atoms with Crippen molar-refractivity contribution in [1.82, 2.24) is 14.7 Å². The molecule has 0 aliphatic carbocycles. The molecule has 0 spiro atoms. The molecule has 2 aliphatic rings. The number of hydrogen-bond donors (Lipinski definition) is 0. The van der Waals surface area contributed by atoms with Gasteiger partial charge in [0.15, 0.2) is 0 Å². The summed E-state index contributed by atoms with van der Waals surface area (Å²) >= 11 is 0. The number of carbonyl (C=O) groups excluding carboxylic acids is 2. The fourth-order valence-corrected chi connectivity index (χ4v) is 4.06. The first kappa shape index (κ1) is 22.2. The number of amides is 2. The Labute approximate surface area is 180 Å². The van der Waals surface area contributed by atoms with Crippen LogP contribution in [0.4, 0.5) is 0 Å². The molecule has 5 heteroatoms. The van der Waals surface area contributed by atoms with Crippen LogP contribution in [0.2, 0.25) is 0 Å². The normalized spacial score (nSPS) is 16.9. The summed E-state index contributed by atoms with van der Waals surface area (Å²) in [5.41, 5.74) is 2.46. The quantitative estimate of drug-likeness (QED) is 0.516. The van der Waals surface area contributed by atoms with Crippen molar-refractivity contribution < 1.29 is 9.59 Å². The highest BCUT2D eigenvalue weighted by atomic mass is 16.2. The van der Waals surface area contributed by atoms with E-state index in [1.54, 1.807) is 12.1 Å². The van der Waals surface area contributed by atoms with E-state index in [2.05, 4.69) is 40.1 Å². The van der Waals surface area contributed by atoms with Crippen LogP contribution in [0.25, 0.3) is 0 Å². The van der Waals surface area contributed by atoms with Crippen molar-refractivity contribution >= 4 is 11.8 Å². The Morgan fingerprint density at radius 1 is 0.667 bits per heavy atom. The van der Waals surface area contributed by atoms with E-state index in [1.165, 1.54) is 10.5 Å². The summed E-state index contributed by atoms with van der Waals surface area (Å²) in [6.07, 6.45) is 1.86. The van der Waals surface area contributed by atoms with Crippen molar-refractivity contribution in [2.45, 2.75) is 33.2 Å². The van der Waals surface area contributed by atoms with E-state index in [0.717, 1.165) is 52.1 Å². The van der Waals surface area contributed by atoms with E-state index in [-0.39, 0.29) is 11.8 Å². The van der Waals surface area contributed by atoms with Gasteiger partial charge in [-0.25, -0.2) is 0 Å². The number of nitrogens with zero attached hydrogens (tertiary/aromatic N) is 3. The van der Waals surface area contributed by atoms with E-state index in [0.29, 0.717) is 17.7 Å². The molecule has 30 heavy (non-hydrogen) atoms. The second-order valence-electron chi connectivity index (χ2n) is 7.62. The molecule has 4 rings (SSSR count). The van der Waals surface area contributed by atoms with Gasteiger partial charge in [0.05, 0.1) is 11.1 Å². The van der Waals surface area contributed by atoms with E-state index in [9.17, 15) is 9.59 Å². The Bertz CT molecular complexity index is 794. The van der Waals surface area contributed by atoms with Gasteiger partial charge in [-0.3, -0.25) is 19.4 Å². The highest BCUT2D eigenvalue weighted by molar-refractivity contribution is 6.21. The van der Waals surface area contributed by atoms with Crippen LogP contribution in [-0.4, -0.2) is 65.8 Å². The standard InChI is InChI=1S/C23H27N3O2.C2H6/c27-22-20-10-4-5-11-21(20)23(28)26(22)13-7-6-12-24-14-16-25(17-15-24)18-19-8-2-1-3-9-19;1-2/h1-5,8-11H,6-7,12-18H2;1-2H3. The van der Waals surface area contributed by atoms with Crippen LogP contribution in [0.1, 0.15) is 53.0 Å². The van der Waals surface area contributed by atoms with Crippen LogP contribution >= 0.6 is 0 Å². The second-order valence-corrected chi connectivity index (χ2v) is 7.62. The van der Waals surface area contributed by atoms with Crippen molar-refractivity contribution in [3.05, 3.63) is 71.3 Å². The molecule has 5 nitrogen and oxygen atoms in total. The van der Waals surface area contributed by atoms with Gasteiger partial charge in [-0.2, -0.15) is 0 Å². The van der Waals surface area contributed by atoms with Gasteiger partial charge in [0.25, 0.3) is 11.8 Å². The zero-order chi connectivity index (χ0) is 21.3. The van der Waals surface area contributed by atoms with Crippen molar-refractivity contribution in [2.24, 2.45) is 0 Å². The van der Waals surface area contributed by atoms with Gasteiger partial charge in [0.2, 0.25) is 0 Å². The van der Waals surface area contributed by atoms with Crippen molar-refractivity contribution in [3.8, 4) is 0 Å². The molecule has 1 saturated heterocycles. The summed E-state index contributed by atoms with van der Waals surface area (Å²) in [6.45, 7) is 10.9. The summed E-state index contributed by atoms with van der Waals surface area (Å²) in [6, 6.07) is 17.7. The number of piperazine rings is 1. The number of unbranched alkanes of at least 4 members (excludes halogenated alkanes) is 1. The summed E-state index contributed by atoms with van der Waals surface area (Å²) in [7, 11) is 0. The lowest BCUT2D eigenvalue weighted by Crippen LogP contribution is -2.46. The number of benzene rings is 2. The van der Waals surface area contributed by atoms with E-state index >= 15 is 0 Å². The van der Waals surface area contributed by atoms with Crippen LogP contribution in [0, 0.1) is 0 Å². The molecule has 2 amide bonds. The van der Waals surface area contributed by atoms with Gasteiger partial charge in [-0.05, 0) is 37.1 Å². The van der Waals surface area contributed by atoms with Gasteiger partial charge >= 0.3 is 0 Å². The van der Waals surface area contributed by atoms with Crippen molar-refractivity contribution in [3.63, 3.8) is 0 Å². The van der Waals surface area contributed by atoms with Crippen LogP contribution in [-0.2, 0) is 6.54 Å². The van der Waals surface area contributed by atoms with E-state index in [1.807, 2.05) is 26.0 Å². The minimum Gasteiger partial charge on any atom is -0.301 e. The summed E-state index contributed by atoms with van der Waals surface area (Å²) in [4.78, 5) is 31.2. The molecule has 1 fully saturated rings. The van der Waals surface area contributed by atoms with Crippen LogP contribution in [0.3, 0.4) is 0 Å². The number of rotatable bonds is 7. The van der Waals surface area contributed by atoms with Crippen molar-refractivity contribution in [2.75, 3.05) is 39.3 Å². The lowest BCUT2D eigenvalue weighted by molar-refractivity contribution is 0.0648. The average Bonchev–Trinajstić information content (AvgIpc) is 3.05. The molecule has 0 N–H and O–H groups in total. The largest absolute Gasteiger partial charge is 0.301 e. The molecule has 0 atom stereocenters. The molecule has 2 aliphatic heterocycles. The van der Waals surface area contributed by atoms with Gasteiger partial charge in [0, 0.05) is 39.3 Å². The monoisotopic (exact) mass is 407 g/mol.